The van der Waals surface area contributed by atoms with E-state index >= 15 is 0 Å². The third kappa shape index (κ3) is 1.05. The monoisotopic (exact) mass is 198 g/mol. The molecule has 1 aliphatic rings. The van der Waals surface area contributed by atoms with Crippen LogP contribution in [0.2, 0.25) is 0 Å². The Labute approximate surface area is 61.1 Å². The van der Waals surface area contributed by atoms with Gasteiger partial charge in [0.15, 0.2) is 0 Å². The largest absolute Gasteiger partial charge is 0.423 e. The van der Waals surface area contributed by atoms with Gasteiger partial charge in [-0.15, -0.1) is 0 Å². The predicted octanol–water partition coefficient (Wildman–Crippen LogP) is 2.18. The van der Waals surface area contributed by atoms with Crippen molar-refractivity contribution in [3.05, 3.63) is 0 Å². The fourth-order valence-electron chi connectivity index (χ4n) is 0.667. The molecule has 1 fully saturated rings. The number of hydrogen-bond acceptors (Lipinski definition) is 1. The number of hydrogen-bond donors (Lipinski definition) is 0. The van der Waals surface area contributed by atoms with Gasteiger partial charge in [0.1, 0.15) is 0 Å². The molecule has 1 aliphatic heterocycles. The Kier molecular flexibility index (Phi) is 1.62. The highest BCUT2D eigenvalue weighted by Crippen LogP contribution is 2.54. The summed E-state index contributed by atoms with van der Waals surface area (Å²) in [5, 5.41) is 0. The van der Waals surface area contributed by atoms with Gasteiger partial charge in [-0.3, -0.25) is 4.74 Å². The second-order valence-electron chi connectivity index (χ2n) is 2.18. The molecule has 8 heteroatoms. The van der Waals surface area contributed by atoms with Crippen LogP contribution in [-0.4, -0.2) is 24.3 Å². The summed E-state index contributed by atoms with van der Waals surface area (Å²) in [6.07, 6.45) is -14.2. The lowest BCUT2D eigenvalue weighted by atomic mass is 10.1. The van der Waals surface area contributed by atoms with E-state index in [1.807, 2.05) is 0 Å². The van der Waals surface area contributed by atoms with E-state index in [2.05, 4.69) is 4.74 Å². The van der Waals surface area contributed by atoms with E-state index in [1.54, 1.807) is 0 Å². The summed E-state index contributed by atoms with van der Waals surface area (Å²) in [6, 6.07) is 0. The Hall–Kier alpha value is -0.530. The number of alkyl halides is 7. The fraction of sp³-hybridized carbons (Fsp3) is 1.00. The first kappa shape index (κ1) is 9.56. The van der Waals surface area contributed by atoms with Crippen molar-refractivity contribution in [2.24, 2.45) is 0 Å². The molecule has 0 amide bonds. The van der Waals surface area contributed by atoms with Crippen molar-refractivity contribution >= 4 is 0 Å². The van der Waals surface area contributed by atoms with Crippen molar-refractivity contribution in [3.63, 3.8) is 0 Å². The van der Waals surface area contributed by atoms with Crippen molar-refractivity contribution in [2.75, 3.05) is 0 Å². The molecule has 0 spiro atoms. The Bertz CT molecular complexity index is 194. The summed E-state index contributed by atoms with van der Waals surface area (Å²) in [5.41, 5.74) is 0. The van der Waals surface area contributed by atoms with Crippen LogP contribution >= 0.6 is 0 Å². The van der Waals surface area contributed by atoms with Crippen molar-refractivity contribution in [2.45, 2.75) is 24.3 Å². The molecule has 0 N–H and O–H groups in total. The lowest BCUT2D eigenvalue weighted by Gasteiger charge is -2.43. The molecule has 0 radical (unpaired) electrons. The van der Waals surface area contributed by atoms with Gasteiger partial charge in [0.25, 0.3) is 0 Å². The van der Waals surface area contributed by atoms with Crippen molar-refractivity contribution in [3.8, 4) is 0 Å². The van der Waals surface area contributed by atoms with Crippen LogP contribution in [0.5, 0.6) is 0 Å². The molecule has 1 atom stereocenters. The zero-order valence-electron chi connectivity index (χ0n) is 5.13. The summed E-state index contributed by atoms with van der Waals surface area (Å²) < 4.78 is 83.9. The molecule has 0 aromatic rings. The van der Waals surface area contributed by atoms with E-state index in [4.69, 9.17) is 0 Å². The molecule has 1 nitrogen and oxygen atoms in total. The highest BCUT2D eigenvalue weighted by atomic mass is 19.4. The first-order valence-electron chi connectivity index (χ1n) is 2.59. The molecule has 0 saturated carbocycles. The molecule has 0 aliphatic carbocycles. The molecule has 0 aromatic heterocycles. The van der Waals surface area contributed by atoms with Gasteiger partial charge in [0.2, 0.25) is 6.10 Å². The fourth-order valence-corrected chi connectivity index (χ4v) is 0.667. The molecule has 0 bridgehead atoms. The van der Waals surface area contributed by atoms with Gasteiger partial charge >= 0.3 is 18.2 Å². The molecule has 0 aromatic carbocycles. The zero-order valence-corrected chi connectivity index (χ0v) is 5.13. The third-order valence-electron chi connectivity index (χ3n) is 1.28. The summed E-state index contributed by atoms with van der Waals surface area (Å²) in [4.78, 5) is 0. The maximum absolute atomic E-state index is 11.9. The maximum atomic E-state index is 11.9. The minimum atomic E-state index is -5.47. The van der Waals surface area contributed by atoms with Crippen LogP contribution < -0.4 is 0 Å². The van der Waals surface area contributed by atoms with Gasteiger partial charge in [-0.2, -0.15) is 30.7 Å². The normalized spacial score (nSPS) is 32.8. The zero-order chi connectivity index (χ0) is 9.78. The quantitative estimate of drug-likeness (QED) is 0.542. The lowest BCUT2D eigenvalue weighted by Crippen LogP contribution is -2.69. The van der Waals surface area contributed by atoms with E-state index in [0.717, 1.165) is 0 Å². The maximum Gasteiger partial charge on any atom is 0.423 e. The topological polar surface area (TPSA) is 9.23 Å². The van der Waals surface area contributed by atoms with E-state index in [1.165, 1.54) is 0 Å². The first-order valence-corrected chi connectivity index (χ1v) is 2.59. The van der Waals surface area contributed by atoms with Gasteiger partial charge in [-0.25, -0.2) is 0 Å². The van der Waals surface area contributed by atoms with E-state index < -0.39 is 24.3 Å². The number of halogens is 7. The van der Waals surface area contributed by atoms with Gasteiger partial charge in [0, 0.05) is 0 Å². The minimum absolute atomic E-state index is 2.70. The summed E-state index contributed by atoms with van der Waals surface area (Å²) in [6.45, 7) is 0. The molecule has 1 rings (SSSR count). The SMILES string of the molecule is FC(F)(F)C1OC(F)(F)C1(F)F. The molecular formula is C4HF7O. The van der Waals surface area contributed by atoms with Crippen LogP contribution in [0.15, 0.2) is 0 Å². The Morgan fingerprint density at radius 3 is 1.50 bits per heavy atom. The smallest absolute Gasteiger partial charge is 0.296 e. The highest BCUT2D eigenvalue weighted by Gasteiger charge is 2.81. The van der Waals surface area contributed by atoms with Crippen molar-refractivity contribution in [1.82, 2.24) is 0 Å². The molecule has 12 heavy (non-hydrogen) atoms. The van der Waals surface area contributed by atoms with Crippen LogP contribution in [-0.2, 0) is 4.74 Å². The predicted molar refractivity (Wildman–Crippen MR) is 20.8 cm³/mol. The molecule has 1 saturated heterocycles. The first-order chi connectivity index (χ1) is 5.09. The van der Waals surface area contributed by atoms with Gasteiger partial charge in [0.05, 0.1) is 0 Å². The van der Waals surface area contributed by atoms with Gasteiger partial charge in [-0.05, 0) is 0 Å². The van der Waals surface area contributed by atoms with Crippen molar-refractivity contribution in [1.29, 1.82) is 0 Å². The molecule has 1 heterocycles. The van der Waals surface area contributed by atoms with Gasteiger partial charge < -0.3 is 0 Å². The second-order valence-corrected chi connectivity index (χ2v) is 2.18. The molecule has 1 unspecified atom stereocenters. The Balaban J connectivity index is 2.80. The van der Waals surface area contributed by atoms with Crippen LogP contribution in [0, 0.1) is 0 Å². The van der Waals surface area contributed by atoms with Crippen LogP contribution in [0.25, 0.3) is 0 Å². The molecule has 72 valence electrons. The summed E-state index contributed by atoms with van der Waals surface area (Å²) in [7, 11) is 0. The third-order valence-corrected chi connectivity index (χ3v) is 1.28. The van der Waals surface area contributed by atoms with Crippen LogP contribution in [0.3, 0.4) is 0 Å². The van der Waals surface area contributed by atoms with E-state index in [-0.39, 0.29) is 0 Å². The van der Waals surface area contributed by atoms with E-state index in [9.17, 15) is 30.7 Å². The minimum Gasteiger partial charge on any atom is -0.296 e. The average molecular weight is 198 g/mol. The number of rotatable bonds is 0. The highest BCUT2D eigenvalue weighted by molar-refractivity contribution is 4.99. The van der Waals surface area contributed by atoms with Crippen LogP contribution in [0.1, 0.15) is 0 Å². The lowest BCUT2D eigenvalue weighted by molar-refractivity contribution is -0.514. The standard InChI is InChI=1S/C4HF7O/c5-2(6)1(3(7,8)9)12-4(2,10)11/h1H. The van der Waals surface area contributed by atoms with E-state index in [0.29, 0.717) is 0 Å². The number of ether oxygens (including phenoxy) is 1. The van der Waals surface area contributed by atoms with Crippen LogP contribution in [0.4, 0.5) is 30.7 Å². The van der Waals surface area contributed by atoms with Crippen molar-refractivity contribution < 1.29 is 35.5 Å². The average Bonchev–Trinajstić information content (AvgIpc) is 1.81. The van der Waals surface area contributed by atoms with Gasteiger partial charge in [-0.1, -0.05) is 0 Å². The summed E-state index contributed by atoms with van der Waals surface area (Å²) in [5.74, 6) is -5.16. The second kappa shape index (κ2) is 2.04. The Morgan fingerprint density at radius 2 is 1.42 bits per heavy atom. The Morgan fingerprint density at radius 1 is 1.00 bits per heavy atom. The molecular weight excluding hydrogens is 197 g/mol. The summed E-state index contributed by atoms with van der Waals surface area (Å²) >= 11 is 0.